The van der Waals surface area contributed by atoms with Crippen molar-refractivity contribution in [3.63, 3.8) is 0 Å². The Morgan fingerprint density at radius 3 is 2.48 bits per heavy atom. The fourth-order valence-corrected chi connectivity index (χ4v) is 3.62. The molecule has 0 saturated heterocycles. The SMILES string of the molecule is CN=C(NCc1cccc(C#N)c1)NC1CCC(c2ccccc2)CC1.I. The van der Waals surface area contributed by atoms with E-state index in [0.29, 0.717) is 24.1 Å². The average molecular weight is 474 g/mol. The number of benzene rings is 2. The van der Waals surface area contributed by atoms with E-state index in [1.165, 1.54) is 18.4 Å². The first kappa shape index (κ1) is 21.2. The van der Waals surface area contributed by atoms with Crippen LogP contribution in [0, 0.1) is 11.3 Å². The molecule has 0 aliphatic heterocycles. The molecule has 2 aromatic rings. The summed E-state index contributed by atoms with van der Waals surface area (Å²) >= 11 is 0. The van der Waals surface area contributed by atoms with Gasteiger partial charge >= 0.3 is 0 Å². The summed E-state index contributed by atoms with van der Waals surface area (Å²) in [6.07, 6.45) is 4.74. The Labute approximate surface area is 179 Å². The van der Waals surface area contributed by atoms with Crippen LogP contribution in [0.4, 0.5) is 0 Å². The van der Waals surface area contributed by atoms with E-state index in [1.807, 2.05) is 24.3 Å². The van der Waals surface area contributed by atoms with Crippen molar-refractivity contribution in [3.8, 4) is 6.07 Å². The van der Waals surface area contributed by atoms with E-state index in [-0.39, 0.29) is 24.0 Å². The highest BCUT2D eigenvalue weighted by molar-refractivity contribution is 14.0. The minimum Gasteiger partial charge on any atom is -0.354 e. The fraction of sp³-hybridized carbons (Fsp3) is 0.364. The van der Waals surface area contributed by atoms with Crippen LogP contribution in [-0.2, 0) is 6.54 Å². The molecule has 0 amide bonds. The van der Waals surface area contributed by atoms with E-state index in [1.54, 1.807) is 7.05 Å². The molecule has 27 heavy (non-hydrogen) atoms. The minimum atomic E-state index is 0. The zero-order valence-electron chi connectivity index (χ0n) is 15.7. The second-order valence-corrected chi connectivity index (χ2v) is 6.84. The van der Waals surface area contributed by atoms with E-state index in [9.17, 15) is 0 Å². The molecule has 142 valence electrons. The topological polar surface area (TPSA) is 60.2 Å². The summed E-state index contributed by atoms with van der Waals surface area (Å²) in [6, 6.07) is 21.1. The predicted molar refractivity (Wildman–Crippen MR) is 121 cm³/mol. The molecule has 0 radical (unpaired) electrons. The number of rotatable bonds is 4. The molecular weight excluding hydrogens is 447 g/mol. The molecule has 1 fully saturated rings. The maximum atomic E-state index is 9.00. The van der Waals surface area contributed by atoms with Gasteiger partial charge in [-0.15, -0.1) is 24.0 Å². The lowest BCUT2D eigenvalue weighted by Crippen LogP contribution is -2.44. The van der Waals surface area contributed by atoms with Crippen molar-refractivity contribution in [1.29, 1.82) is 5.26 Å². The maximum absolute atomic E-state index is 9.00. The predicted octanol–water partition coefficient (Wildman–Crippen LogP) is 4.57. The van der Waals surface area contributed by atoms with Gasteiger partial charge in [-0.05, 0) is 54.9 Å². The molecule has 0 aromatic heterocycles. The number of halogens is 1. The van der Waals surface area contributed by atoms with E-state index >= 15 is 0 Å². The van der Waals surface area contributed by atoms with Gasteiger partial charge in [-0.1, -0.05) is 42.5 Å². The van der Waals surface area contributed by atoms with Gasteiger partial charge in [0.2, 0.25) is 0 Å². The Morgan fingerprint density at radius 2 is 1.81 bits per heavy atom. The number of nitriles is 1. The van der Waals surface area contributed by atoms with Crippen molar-refractivity contribution in [2.24, 2.45) is 4.99 Å². The summed E-state index contributed by atoms with van der Waals surface area (Å²) in [5, 5.41) is 15.9. The zero-order valence-corrected chi connectivity index (χ0v) is 18.0. The number of hydrogen-bond donors (Lipinski definition) is 2. The van der Waals surface area contributed by atoms with Crippen LogP contribution in [-0.4, -0.2) is 19.0 Å². The van der Waals surface area contributed by atoms with Crippen molar-refractivity contribution in [2.45, 2.75) is 44.2 Å². The van der Waals surface area contributed by atoms with Gasteiger partial charge in [0.05, 0.1) is 11.6 Å². The third-order valence-corrected chi connectivity index (χ3v) is 5.08. The molecular formula is C22H27IN4. The molecule has 1 aliphatic carbocycles. The van der Waals surface area contributed by atoms with Gasteiger partial charge < -0.3 is 10.6 Å². The van der Waals surface area contributed by atoms with Crippen molar-refractivity contribution in [3.05, 3.63) is 71.3 Å². The van der Waals surface area contributed by atoms with Gasteiger partial charge in [0, 0.05) is 19.6 Å². The Hall–Kier alpha value is -2.07. The quantitative estimate of drug-likeness (QED) is 0.388. The van der Waals surface area contributed by atoms with E-state index < -0.39 is 0 Å². The van der Waals surface area contributed by atoms with Crippen molar-refractivity contribution in [1.82, 2.24) is 10.6 Å². The van der Waals surface area contributed by atoms with Crippen LogP contribution >= 0.6 is 24.0 Å². The van der Waals surface area contributed by atoms with Crippen LogP contribution in [0.1, 0.15) is 48.3 Å². The number of nitrogens with zero attached hydrogens (tertiary/aromatic N) is 2. The summed E-state index contributed by atoms with van der Waals surface area (Å²) in [4.78, 5) is 4.35. The molecule has 0 unspecified atom stereocenters. The lowest BCUT2D eigenvalue weighted by molar-refractivity contribution is 0.371. The van der Waals surface area contributed by atoms with Gasteiger partial charge in [0.25, 0.3) is 0 Å². The summed E-state index contributed by atoms with van der Waals surface area (Å²) in [5.74, 6) is 1.51. The Bertz CT molecular complexity index is 774. The second kappa shape index (κ2) is 10.9. The second-order valence-electron chi connectivity index (χ2n) is 6.84. The number of guanidine groups is 1. The molecule has 0 heterocycles. The van der Waals surface area contributed by atoms with Gasteiger partial charge in [0.15, 0.2) is 5.96 Å². The first-order chi connectivity index (χ1) is 12.8. The van der Waals surface area contributed by atoms with Gasteiger partial charge in [-0.25, -0.2) is 0 Å². The first-order valence-electron chi connectivity index (χ1n) is 9.29. The van der Waals surface area contributed by atoms with Gasteiger partial charge in [-0.3, -0.25) is 4.99 Å². The molecule has 3 rings (SSSR count). The smallest absolute Gasteiger partial charge is 0.191 e. The zero-order chi connectivity index (χ0) is 18.2. The number of hydrogen-bond acceptors (Lipinski definition) is 2. The fourth-order valence-electron chi connectivity index (χ4n) is 3.62. The van der Waals surface area contributed by atoms with Crippen molar-refractivity contribution >= 4 is 29.9 Å². The highest BCUT2D eigenvalue weighted by Crippen LogP contribution is 2.32. The van der Waals surface area contributed by atoms with E-state index in [0.717, 1.165) is 24.4 Å². The first-order valence-corrected chi connectivity index (χ1v) is 9.29. The van der Waals surface area contributed by atoms with Gasteiger partial charge in [-0.2, -0.15) is 5.26 Å². The standard InChI is InChI=1S/C22H26N4.HI/c1-24-22(25-16-18-7-5-6-17(14-18)15-23)26-21-12-10-20(11-13-21)19-8-3-2-4-9-19;/h2-9,14,20-21H,10-13,16H2,1H3,(H2,24,25,26);1H. The highest BCUT2D eigenvalue weighted by atomic mass is 127. The van der Waals surface area contributed by atoms with E-state index in [2.05, 4.69) is 52.0 Å². The summed E-state index contributed by atoms with van der Waals surface area (Å²) in [7, 11) is 1.80. The molecule has 0 atom stereocenters. The monoisotopic (exact) mass is 474 g/mol. The lowest BCUT2D eigenvalue weighted by Gasteiger charge is -2.30. The summed E-state index contributed by atoms with van der Waals surface area (Å²) in [6.45, 7) is 0.661. The number of nitrogens with one attached hydrogen (secondary N) is 2. The van der Waals surface area contributed by atoms with Crippen LogP contribution < -0.4 is 10.6 Å². The minimum absolute atomic E-state index is 0. The molecule has 4 nitrogen and oxygen atoms in total. The molecule has 1 saturated carbocycles. The van der Waals surface area contributed by atoms with Gasteiger partial charge in [0.1, 0.15) is 0 Å². The van der Waals surface area contributed by atoms with Crippen LogP contribution in [0.5, 0.6) is 0 Å². The maximum Gasteiger partial charge on any atom is 0.191 e. The molecule has 2 aromatic carbocycles. The van der Waals surface area contributed by atoms with Crippen molar-refractivity contribution < 1.29 is 0 Å². The Morgan fingerprint density at radius 1 is 1.07 bits per heavy atom. The molecule has 0 bridgehead atoms. The summed E-state index contributed by atoms with van der Waals surface area (Å²) in [5.41, 5.74) is 3.23. The van der Waals surface area contributed by atoms with Crippen LogP contribution in [0.25, 0.3) is 0 Å². The normalized spacial score (nSPS) is 19.5. The Kier molecular flexibility index (Phi) is 8.59. The van der Waals surface area contributed by atoms with Crippen LogP contribution in [0.2, 0.25) is 0 Å². The average Bonchev–Trinajstić information content (AvgIpc) is 2.72. The van der Waals surface area contributed by atoms with Crippen molar-refractivity contribution in [2.75, 3.05) is 7.05 Å². The van der Waals surface area contributed by atoms with E-state index in [4.69, 9.17) is 5.26 Å². The summed E-state index contributed by atoms with van der Waals surface area (Å²) < 4.78 is 0. The molecule has 0 spiro atoms. The van der Waals surface area contributed by atoms with Crippen LogP contribution in [0.3, 0.4) is 0 Å². The molecule has 2 N–H and O–H groups in total. The lowest BCUT2D eigenvalue weighted by atomic mass is 9.82. The largest absolute Gasteiger partial charge is 0.354 e. The van der Waals surface area contributed by atoms with Crippen LogP contribution in [0.15, 0.2) is 59.6 Å². The Balaban J connectivity index is 0.00000261. The molecule has 5 heteroatoms. The molecule has 1 aliphatic rings. The number of aliphatic imine (C=N–C) groups is 1. The third-order valence-electron chi connectivity index (χ3n) is 5.08. The highest BCUT2D eigenvalue weighted by Gasteiger charge is 2.22. The third kappa shape index (κ3) is 6.24.